The summed E-state index contributed by atoms with van der Waals surface area (Å²) < 4.78 is 27.1. The SMILES string of the molecule is Cc1ccc(S(=O)(=O)n2ccn(C(=O)CCC3CCCC3)c2=O)cc1C. The summed E-state index contributed by atoms with van der Waals surface area (Å²) in [6, 6.07) is 4.72. The van der Waals surface area contributed by atoms with Crippen LogP contribution in [-0.2, 0) is 10.0 Å². The molecule has 1 aromatic heterocycles. The van der Waals surface area contributed by atoms with Crippen molar-refractivity contribution in [1.82, 2.24) is 8.54 Å². The van der Waals surface area contributed by atoms with E-state index in [-0.39, 0.29) is 17.2 Å². The molecule has 0 radical (unpaired) electrons. The van der Waals surface area contributed by atoms with Crippen molar-refractivity contribution in [3.8, 4) is 0 Å². The summed E-state index contributed by atoms with van der Waals surface area (Å²) in [5.74, 6) is 0.187. The first-order chi connectivity index (χ1) is 12.3. The van der Waals surface area contributed by atoms with Gasteiger partial charge in [0, 0.05) is 18.8 Å². The number of carbonyl (C=O) groups is 1. The summed E-state index contributed by atoms with van der Waals surface area (Å²) in [6.45, 7) is 3.70. The molecule has 0 bridgehead atoms. The van der Waals surface area contributed by atoms with Crippen molar-refractivity contribution in [3.05, 3.63) is 52.2 Å². The van der Waals surface area contributed by atoms with Gasteiger partial charge in [-0.2, -0.15) is 3.97 Å². The molecule has 0 saturated heterocycles. The summed E-state index contributed by atoms with van der Waals surface area (Å²) in [5, 5.41) is 0. The van der Waals surface area contributed by atoms with Gasteiger partial charge in [0.1, 0.15) is 0 Å². The lowest BCUT2D eigenvalue weighted by Crippen LogP contribution is -2.32. The fourth-order valence-electron chi connectivity index (χ4n) is 3.47. The highest BCUT2D eigenvalue weighted by Gasteiger charge is 2.23. The van der Waals surface area contributed by atoms with Crippen LogP contribution >= 0.6 is 0 Å². The normalized spacial score (nSPS) is 15.5. The second-order valence-electron chi connectivity index (χ2n) is 7.08. The zero-order chi connectivity index (χ0) is 18.9. The van der Waals surface area contributed by atoms with Crippen LogP contribution in [0.5, 0.6) is 0 Å². The first-order valence-corrected chi connectivity index (χ1v) is 10.4. The molecule has 1 saturated carbocycles. The lowest BCUT2D eigenvalue weighted by atomic mass is 10.0. The van der Waals surface area contributed by atoms with Gasteiger partial charge < -0.3 is 0 Å². The number of carbonyl (C=O) groups excluding carboxylic acids is 1. The van der Waals surface area contributed by atoms with Crippen molar-refractivity contribution >= 4 is 15.9 Å². The molecular weight excluding hydrogens is 352 g/mol. The molecule has 26 heavy (non-hydrogen) atoms. The molecule has 0 atom stereocenters. The second kappa shape index (κ2) is 7.23. The van der Waals surface area contributed by atoms with E-state index >= 15 is 0 Å². The number of nitrogens with zero attached hydrogens (tertiary/aromatic N) is 2. The van der Waals surface area contributed by atoms with Gasteiger partial charge in [0.2, 0.25) is 5.91 Å². The van der Waals surface area contributed by atoms with Crippen LogP contribution in [0.2, 0.25) is 0 Å². The van der Waals surface area contributed by atoms with Gasteiger partial charge >= 0.3 is 5.69 Å². The van der Waals surface area contributed by atoms with Crippen molar-refractivity contribution in [2.75, 3.05) is 0 Å². The highest BCUT2D eigenvalue weighted by Crippen LogP contribution is 2.28. The number of hydrogen-bond donors (Lipinski definition) is 0. The minimum absolute atomic E-state index is 0.0406. The number of aromatic nitrogens is 2. The number of rotatable bonds is 5. The van der Waals surface area contributed by atoms with E-state index in [1.165, 1.54) is 31.2 Å². The molecule has 140 valence electrons. The van der Waals surface area contributed by atoms with E-state index in [9.17, 15) is 18.0 Å². The average Bonchev–Trinajstić information content (AvgIpc) is 3.24. The molecule has 0 N–H and O–H groups in total. The molecule has 3 rings (SSSR count). The molecule has 0 unspecified atom stereocenters. The van der Waals surface area contributed by atoms with Crippen LogP contribution in [-0.4, -0.2) is 22.9 Å². The standard InChI is InChI=1S/C19H24N2O4S/c1-14-7-9-17(13-15(14)2)26(24,25)21-12-11-20(19(21)23)18(22)10-8-16-5-3-4-6-16/h7,9,11-13,16H,3-6,8,10H2,1-2H3. The first kappa shape index (κ1) is 18.6. The fraction of sp³-hybridized carbons (Fsp3) is 0.474. The van der Waals surface area contributed by atoms with Crippen LogP contribution in [0, 0.1) is 19.8 Å². The summed E-state index contributed by atoms with van der Waals surface area (Å²) in [7, 11) is -4.02. The molecule has 1 aromatic carbocycles. The van der Waals surface area contributed by atoms with Crippen LogP contribution < -0.4 is 5.69 Å². The van der Waals surface area contributed by atoms with Gasteiger partial charge in [-0.3, -0.25) is 4.79 Å². The Morgan fingerprint density at radius 3 is 2.46 bits per heavy atom. The lowest BCUT2D eigenvalue weighted by Gasteiger charge is -2.08. The highest BCUT2D eigenvalue weighted by atomic mass is 32.2. The van der Waals surface area contributed by atoms with E-state index in [1.807, 2.05) is 13.8 Å². The van der Waals surface area contributed by atoms with Crippen molar-refractivity contribution in [2.45, 2.75) is 57.3 Å². The summed E-state index contributed by atoms with van der Waals surface area (Å²) >= 11 is 0. The van der Waals surface area contributed by atoms with Crippen molar-refractivity contribution < 1.29 is 13.2 Å². The van der Waals surface area contributed by atoms with Gasteiger partial charge in [-0.05, 0) is 49.4 Å². The smallest absolute Gasteiger partial charge is 0.274 e. The van der Waals surface area contributed by atoms with Gasteiger partial charge in [0.15, 0.2) is 0 Å². The Labute approximate surface area is 153 Å². The van der Waals surface area contributed by atoms with E-state index in [4.69, 9.17) is 0 Å². The quantitative estimate of drug-likeness (QED) is 0.803. The zero-order valence-corrected chi connectivity index (χ0v) is 16.0. The van der Waals surface area contributed by atoms with Crippen LogP contribution in [0.1, 0.15) is 54.4 Å². The maximum Gasteiger partial charge on any atom is 0.349 e. The van der Waals surface area contributed by atoms with Crippen molar-refractivity contribution in [3.63, 3.8) is 0 Å². The third-order valence-corrected chi connectivity index (χ3v) is 6.94. The van der Waals surface area contributed by atoms with Crippen LogP contribution in [0.15, 0.2) is 40.3 Å². The van der Waals surface area contributed by atoms with Gasteiger partial charge in [0.25, 0.3) is 10.0 Å². The number of benzene rings is 1. The Morgan fingerprint density at radius 2 is 1.81 bits per heavy atom. The van der Waals surface area contributed by atoms with E-state index < -0.39 is 15.7 Å². The summed E-state index contributed by atoms with van der Waals surface area (Å²) in [6.07, 6.45) is 8.07. The van der Waals surface area contributed by atoms with Crippen LogP contribution in [0.25, 0.3) is 0 Å². The molecule has 0 amide bonds. The Hall–Kier alpha value is -2.15. The zero-order valence-electron chi connectivity index (χ0n) is 15.1. The molecule has 1 fully saturated rings. The molecule has 1 aliphatic carbocycles. The summed E-state index contributed by atoms with van der Waals surface area (Å²) in [4.78, 5) is 24.9. The van der Waals surface area contributed by atoms with Crippen molar-refractivity contribution in [2.24, 2.45) is 5.92 Å². The second-order valence-corrected chi connectivity index (χ2v) is 8.90. The highest BCUT2D eigenvalue weighted by molar-refractivity contribution is 7.90. The Balaban J connectivity index is 1.84. The predicted molar refractivity (Wildman–Crippen MR) is 99.0 cm³/mol. The van der Waals surface area contributed by atoms with Crippen LogP contribution in [0.3, 0.4) is 0 Å². The van der Waals surface area contributed by atoms with Gasteiger partial charge in [-0.1, -0.05) is 31.7 Å². The van der Waals surface area contributed by atoms with E-state index in [2.05, 4.69) is 0 Å². The minimum Gasteiger partial charge on any atom is -0.274 e. The van der Waals surface area contributed by atoms with Gasteiger partial charge in [0.05, 0.1) is 4.90 Å². The van der Waals surface area contributed by atoms with Crippen molar-refractivity contribution in [1.29, 1.82) is 0 Å². The van der Waals surface area contributed by atoms with E-state index in [0.29, 0.717) is 9.89 Å². The number of imidazole rings is 1. The third kappa shape index (κ3) is 3.53. The molecule has 0 spiro atoms. The Kier molecular flexibility index (Phi) is 5.18. The number of hydrogen-bond acceptors (Lipinski definition) is 4. The molecule has 1 aliphatic rings. The number of aryl methyl sites for hydroxylation is 2. The Bertz CT molecular complexity index is 979. The monoisotopic (exact) mass is 376 g/mol. The maximum atomic E-state index is 12.8. The largest absolute Gasteiger partial charge is 0.349 e. The maximum absolute atomic E-state index is 12.8. The Morgan fingerprint density at radius 1 is 1.12 bits per heavy atom. The average molecular weight is 376 g/mol. The topological polar surface area (TPSA) is 78.1 Å². The molecular formula is C19H24N2O4S. The molecule has 7 heteroatoms. The molecule has 2 aromatic rings. The fourth-order valence-corrected chi connectivity index (χ4v) is 4.77. The van der Waals surface area contributed by atoms with Crippen LogP contribution in [0.4, 0.5) is 0 Å². The predicted octanol–water partition coefficient (Wildman–Crippen LogP) is 3.11. The van der Waals surface area contributed by atoms with E-state index in [1.54, 1.807) is 6.07 Å². The first-order valence-electron chi connectivity index (χ1n) is 8.97. The lowest BCUT2D eigenvalue weighted by molar-refractivity contribution is 0.0889. The summed E-state index contributed by atoms with van der Waals surface area (Å²) in [5.41, 5.74) is 0.960. The third-order valence-electron chi connectivity index (χ3n) is 5.29. The van der Waals surface area contributed by atoms with Gasteiger partial charge in [-0.25, -0.2) is 17.8 Å². The molecule has 0 aliphatic heterocycles. The van der Waals surface area contributed by atoms with E-state index in [0.717, 1.165) is 41.2 Å². The minimum atomic E-state index is -4.02. The van der Waals surface area contributed by atoms with Gasteiger partial charge in [-0.15, -0.1) is 0 Å². The molecule has 1 heterocycles. The molecule has 6 nitrogen and oxygen atoms in total.